The zero-order valence-corrected chi connectivity index (χ0v) is 13.5. The van der Waals surface area contributed by atoms with Crippen molar-refractivity contribution >= 4 is 39.0 Å². The van der Waals surface area contributed by atoms with Gasteiger partial charge in [-0.15, -0.1) is 11.3 Å². The maximum absolute atomic E-state index is 6.33. The SMILES string of the molecule is Nc1nc(-c2ccccn2)nc2c(-c3ccccc3Cl)csc12. The minimum atomic E-state index is 0.457. The van der Waals surface area contributed by atoms with Gasteiger partial charge in [0.25, 0.3) is 0 Å². The van der Waals surface area contributed by atoms with E-state index in [2.05, 4.69) is 15.0 Å². The number of halogens is 1. The van der Waals surface area contributed by atoms with Gasteiger partial charge in [-0.25, -0.2) is 9.97 Å². The summed E-state index contributed by atoms with van der Waals surface area (Å²) in [7, 11) is 0. The molecule has 0 amide bonds. The second kappa shape index (κ2) is 5.61. The topological polar surface area (TPSA) is 64.7 Å². The first kappa shape index (κ1) is 14.1. The number of nitrogen functional groups attached to an aromatic ring is 1. The largest absolute Gasteiger partial charge is 0.382 e. The van der Waals surface area contributed by atoms with Crippen LogP contribution in [0.25, 0.3) is 32.9 Å². The summed E-state index contributed by atoms with van der Waals surface area (Å²) in [4.78, 5) is 13.4. The van der Waals surface area contributed by atoms with E-state index >= 15 is 0 Å². The molecule has 0 spiro atoms. The number of rotatable bonds is 2. The van der Waals surface area contributed by atoms with E-state index in [4.69, 9.17) is 17.3 Å². The molecule has 0 unspecified atom stereocenters. The van der Waals surface area contributed by atoms with Gasteiger partial charge in [0, 0.05) is 27.7 Å². The van der Waals surface area contributed by atoms with Crippen LogP contribution in [0.5, 0.6) is 0 Å². The second-order valence-electron chi connectivity index (χ2n) is 4.95. The molecule has 0 radical (unpaired) electrons. The van der Waals surface area contributed by atoms with Crippen LogP contribution in [0.1, 0.15) is 0 Å². The zero-order valence-electron chi connectivity index (χ0n) is 11.9. The first-order valence-corrected chi connectivity index (χ1v) is 8.21. The van der Waals surface area contributed by atoms with E-state index in [1.165, 1.54) is 11.3 Å². The fourth-order valence-electron chi connectivity index (χ4n) is 2.42. The minimum absolute atomic E-state index is 0.457. The van der Waals surface area contributed by atoms with E-state index in [-0.39, 0.29) is 0 Å². The Labute approximate surface area is 141 Å². The van der Waals surface area contributed by atoms with Gasteiger partial charge in [0.1, 0.15) is 11.5 Å². The molecule has 0 aliphatic carbocycles. The highest BCUT2D eigenvalue weighted by molar-refractivity contribution is 7.18. The van der Waals surface area contributed by atoms with Crippen LogP contribution in [-0.4, -0.2) is 15.0 Å². The van der Waals surface area contributed by atoms with Crippen molar-refractivity contribution in [2.24, 2.45) is 0 Å². The predicted molar refractivity (Wildman–Crippen MR) is 95.5 cm³/mol. The van der Waals surface area contributed by atoms with E-state index in [0.29, 0.717) is 22.4 Å². The number of pyridine rings is 1. The van der Waals surface area contributed by atoms with Gasteiger partial charge in [0.15, 0.2) is 5.82 Å². The van der Waals surface area contributed by atoms with Gasteiger partial charge in [-0.05, 0) is 18.2 Å². The number of fused-ring (bicyclic) bond motifs is 1. The van der Waals surface area contributed by atoms with Crippen LogP contribution in [0.15, 0.2) is 54.0 Å². The maximum Gasteiger partial charge on any atom is 0.180 e. The van der Waals surface area contributed by atoms with Crippen molar-refractivity contribution in [1.82, 2.24) is 15.0 Å². The van der Waals surface area contributed by atoms with E-state index in [1.807, 2.05) is 47.8 Å². The van der Waals surface area contributed by atoms with Gasteiger partial charge in [0.05, 0.1) is 10.2 Å². The smallest absolute Gasteiger partial charge is 0.180 e. The summed E-state index contributed by atoms with van der Waals surface area (Å²) < 4.78 is 0.861. The van der Waals surface area contributed by atoms with Gasteiger partial charge in [-0.3, -0.25) is 4.98 Å². The number of anilines is 1. The molecule has 4 rings (SSSR count). The molecule has 0 atom stereocenters. The van der Waals surface area contributed by atoms with Crippen molar-refractivity contribution in [1.29, 1.82) is 0 Å². The third kappa shape index (κ3) is 2.44. The zero-order chi connectivity index (χ0) is 15.8. The number of aromatic nitrogens is 3. The molecule has 23 heavy (non-hydrogen) atoms. The molecule has 0 saturated heterocycles. The lowest BCUT2D eigenvalue weighted by atomic mass is 10.1. The van der Waals surface area contributed by atoms with Crippen molar-refractivity contribution in [3.05, 3.63) is 59.1 Å². The first-order valence-electron chi connectivity index (χ1n) is 6.95. The third-order valence-corrected chi connectivity index (χ3v) is 4.82. The molecule has 0 bridgehead atoms. The molecular formula is C17H11ClN4S. The fraction of sp³-hybridized carbons (Fsp3) is 0. The van der Waals surface area contributed by atoms with E-state index in [9.17, 15) is 0 Å². The van der Waals surface area contributed by atoms with E-state index < -0.39 is 0 Å². The molecule has 4 nitrogen and oxygen atoms in total. The minimum Gasteiger partial charge on any atom is -0.382 e. The number of benzene rings is 1. The van der Waals surface area contributed by atoms with Crippen LogP contribution in [0.2, 0.25) is 5.02 Å². The Kier molecular flexibility index (Phi) is 3.44. The van der Waals surface area contributed by atoms with Gasteiger partial charge < -0.3 is 5.73 Å². The molecule has 3 aromatic heterocycles. The Morgan fingerprint density at radius 1 is 0.957 bits per heavy atom. The number of nitrogens with two attached hydrogens (primary N) is 1. The summed E-state index contributed by atoms with van der Waals surface area (Å²) in [6.45, 7) is 0. The summed E-state index contributed by atoms with van der Waals surface area (Å²) in [6, 6.07) is 13.3. The van der Waals surface area contributed by atoms with Crippen LogP contribution in [0.4, 0.5) is 5.82 Å². The lowest BCUT2D eigenvalue weighted by molar-refractivity contribution is 1.19. The Morgan fingerprint density at radius 3 is 2.57 bits per heavy atom. The van der Waals surface area contributed by atoms with Gasteiger partial charge in [-0.1, -0.05) is 35.9 Å². The quantitative estimate of drug-likeness (QED) is 0.577. The molecule has 0 fully saturated rings. The first-order chi connectivity index (χ1) is 11.2. The fourth-order valence-corrected chi connectivity index (χ4v) is 3.57. The lowest BCUT2D eigenvalue weighted by Crippen LogP contribution is -1.97. The van der Waals surface area contributed by atoms with Gasteiger partial charge >= 0.3 is 0 Å². The number of thiophene rings is 1. The molecular weight excluding hydrogens is 328 g/mol. The maximum atomic E-state index is 6.33. The summed E-state index contributed by atoms with van der Waals surface area (Å²) in [6.07, 6.45) is 1.71. The predicted octanol–water partition coefficient (Wildman–Crippen LogP) is 4.66. The van der Waals surface area contributed by atoms with Crippen LogP contribution >= 0.6 is 22.9 Å². The molecule has 6 heteroatoms. The highest BCUT2D eigenvalue weighted by atomic mass is 35.5. The molecule has 112 valence electrons. The van der Waals surface area contributed by atoms with E-state index in [0.717, 1.165) is 21.3 Å². The van der Waals surface area contributed by atoms with Crippen molar-refractivity contribution in [2.75, 3.05) is 5.73 Å². The number of hydrogen-bond acceptors (Lipinski definition) is 5. The average molecular weight is 339 g/mol. The molecule has 4 aromatic rings. The summed E-state index contributed by atoms with van der Waals surface area (Å²) >= 11 is 7.85. The highest BCUT2D eigenvalue weighted by Crippen LogP contribution is 2.38. The van der Waals surface area contributed by atoms with Gasteiger partial charge in [-0.2, -0.15) is 0 Å². The van der Waals surface area contributed by atoms with Crippen LogP contribution < -0.4 is 5.73 Å². The molecule has 0 aliphatic heterocycles. The van der Waals surface area contributed by atoms with Crippen LogP contribution in [-0.2, 0) is 0 Å². The highest BCUT2D eigenvalue weighted by Gasteiger charge is 2.15. The monoisotopic (exact) mass is 338 g/mol. The van der Waals surface area contributed by atoms with Crippen molar-refractivity contribution < 1.29 is 0 Å². The standard InChI is InChI=1S/C17H11ClN4S/c18-12-6-2-1-5-10(12)11-9-23-15-14(11)21-17(22-16(15)19)13-7-3-4-8-20-13/h1-9H,(H2,19,21,22). The molecule has 0 saturated carbocycles. The van der Waals surface area contributed by atoms with Crippen LogP contribution in [0.3, 0.4) is 0 Å². The van der Waals surface area contributed by atoms with Gasteiger partial charge in [0.2, 0.25) is 0 Å². The molecule has 0 aliphatic rings. The number of hydrogen-bond donors (Lipinski definition) is 1. The summed E-state index contributed by atoms with van der Waals surface area (Å²) in [5.41, 5.74) is 9.51. The average Bonchev–Trinajstić information content (AvgIpc) is 3.00. The summed E-state index contributed by atoms with van der Waals surface area (Å²) in [5.74, 6) is 0.973. The van der Waals surface area contributed by atoms with Crippen molar-refractivity contribution in [3.63, 3.8) is 0 Å². The van der Waals surface area contributed by atoms with Crippen molar-refractivity contribution in [3.8, 4) is 22.6 Å². The normalized spacial score (nSPS) is 11.0. The second-order valence-corrected chi connectivity index (χ2v) is 6.24. The Bertz CT molecular complexity index is 998. The Balaban J connectivity index is 1.98. The molecule has 2 N–H and O–H groups in total. The Hall–Kier alpha value is -2.50. The van der Waals surface area contributed by atoms with Crippen LogP contribution in [0, 0.1) is 0 Å². The number of nitrogens with zero attached hydrogens (tertiary/aromatic N) is 3. The van der Waals surface area contributed by atoms with E-state index in [1.54, 1.807) is 6.20 Å². The third-order valence-electron chi connectivity index (χ3n) is 3.50. The molecule has 1 aromatic carbocycles. The summed E-state index contributed by atoms with van der Waals surface area (Å²) in [5, 5.41) is 2.70. The van der Waals surface area contributed by atoms with Crippen molar-refractivity contribution in [2.45, 2.75) is 0 Å². The lowest BCUT2D eigenvalue weighted by Gasteiger charge is -2.05. The molecule has 3 heterocycles. The Morgan fingerprint density at radius 2 is 1.78 bits per heavy atom.